The van der Waals surface area contributed by atoms with Gasteiger partial charge in [0.2, 0.25) is 0 Å². The lowest BCUT2D eigenvalue weighted by Gasteiger charge is -2.17. The van der Waals surface area contributed by atoms with Crippen molar-refractivity contribution in [2.24, 2.45) is 0 Å². The van der Waals surface area contributed by atoms with Gasteiger partial charge in [0.05, 0.1) is 0 Å². The first-order valence-electron chi connectivity index (χ1n) is 9.01. The van der Waals surface area contributed by atoms with Gasteiger partial charge in [-0.2, -0.15) is 0 Å². The fraction of sp³-hybridized carbons (Fsp3) is 0.889. The Bertz CT molecular complexity index is 289. The quantitative estimate of drug-likeness (QED) is 0.337. The molecule has 1 unspecified atom stereocenters. The van der Waals surface area contributed by atoms with Crippen LogP contribution in [0.25, 0.3) is 0 Å². The summed E-state index contributed by atoms with van der Waals surface area (Å²) in [5.41, 5.74) is 0. The molecular formula is C18H34O4. The number of hydrogen-bond acceptors (Lipinski definition) is 3. The monoisotopic (exact) mass is 314 g/mol. The highest BCUT2D eigenvalue weighted by molar-refractivity contribution is 5.69. The summed E-state index contributed by atoms with van der Waals surface area (Å²) in [6, 6.07) is 0. The molecule has 0 aromatic heterocycles. The van der Waals surface area contributed by atoms with Crippen molar-refractivity contribution < 1.29 is 19.4 Å². The number of aliphatic carboxylic acids is 1. The predicted molar refractivity (Wildman–Crippen MR) is 88.9 cm³/mol. The molecule has 0 bridgehead atoms. The zero-order valence-electron chi connectivity index (χ0n) is 14.4. The second-order valence-corrected chi connectivity index (χ2v) is 6.06. The first-order chi connectivity index (χ1) is 10.6. The second-order valence-electron chi connectivity index (χ2n) is 6.06. The topological polar surface area (TPSA) is 63.6 Å². The molecule has 0 rings (SSSR count). The molecule has 0 amide bonds. The lowest BCUT2D eigenvalue weighted by Crippen LogP contribution is -2.18. The van der Waals surface area contributed by atoms with Crippen molar-refractivity contribution in [3.63, 3.8) is 0 Å². The summed E-state index contributed by atoms with van der Waals surface area (Å²) in [7, 11) is 0. The fourth-order valence-electron chi connectivity index (χ4n) is 2.54. The molecule has 4 heteroatoms. The highest BCUT2D eigenvalue weighted by atomic mass is 16.5. The number of carboxylic acid groups (broad SMARTS) is 1. The first kappa shape index (κ1) is 20.9. The average molecular weight is 314 g/mol. The summed E-state index contributed by atoms with van der Waals surface area (Å²) >= 11 is 0. The van der Waals surface area contributed by atoms with Crippen LogP contribution in [-0.4, -0.2) is 23.1 Å². The minimum atomic E-state index is -0.787. The number of unbranched alkanes of at least 4 members (excludes halogenated alkanes) is 6. The van der Waals surface area contributed by atoms with Crippen LogP contribution < -0.4 is 0 Å². The van der Waals surface area contributed by atoms with Crippen LogP contribution in [0.15, 0.2) is 0 Å². The van der Waals surface area contributed by atoms with E-state index in [0.29, 0.717) is 19.3 Å². The SMILES string of the molecule is CCCCCCCCCC(=O)OC(CCC)CCCC(=O)O. The maximum absolute atomic E-state index is 11.8. The normalized spacial score (nSPS) is 12.1. The van der Waals surface area contributed by atoms with E-state index >= 15 is 0 Å². The summed E-state index contributed by atoms with van der Waals surface area (Å²) in [6.07, 6.45) is 11.8. The Morgan fingerprint density at radius 2 is 1.45 bits per heavy atom. The van der Waals surface area contributed by atoms with Gasteiger partial charge in [0.1, 0.15) is 6.10 Å². The van der Waals surface area contributed by atoms with Gasteiger partial charge >= 0.3 is 11.9 Å². The third-order valence-electron chi connectivity index (χ3n) is 3.81. The van der Waals surface area contributed by atoms with E-state index in [0.717, 1.165) is 25.7 Å². The predicted octanol–water partition coefficient (Wildman–Crippen LogP) is 5.09. The molecule has 0 aliphatic carbocycles. The van der Waals surface area contributed by atoms with Gasteiger partial charge in [-0.1, -0.05) is 58.8 Å². The molecule has 0 saturated heterocycles. The van der Waals surface area contributed by atoms with E-state index in [9.17, 15) is 9.59 Å². The highest BCUT2D eigenvalue weighted by Gasteiger charge is 2.14. The van der Waals surface area contributed by atoms with Crippen LogP contribution in [0.2, 0.25) is 0 Å². The number of hydrogen-bond donors (Lipinski definition) is 1. The molecule has 0 spiro atoms. The Balaban J connectivity index is 3.71. The third-order valence-corrected chi connectivity index (χ3v) is 3.81. The summed E-state index contributed by atoms with van der Waals surface area (Å²) < 4.78 is 5.49. The molecule has 22 heavy (non-hydrogen) atoms. The van der Waals surface area contributed by atoms with E-state index in [4.69, 9.17) is 9.84 Å². The van der Waals surface area contributed by atoms with Gasteiger partial charge in [-0.25, -0.2) is 0 Å². The number of carboxylic acids is 1. The number of carbonyl (C=O) groups is 2. The molecule has 0 aromatic carbocycles. The van der Waals surface area contributed by atoms with E-state index < -0.39 is 5.97 Å². The van der Waals surface area contributed by atoms with Crippen LogP contribution in [0, 0.1) is 0 Å². The van der Waals surface area contributed by atoms with E-state index in [1.807, 2.05) is 6.92 Å². The third kappa shape index (κ3) is 13.9. The van der Waals surface area contributed by atoms with Crippen LogP contribution >= 0.6 is 0 Å². The Morgan fingerprint density at radius 3 is 2.05 bits per heavy atom. The summed E-state index contributed by atoms with van der Waals surface area (Å²) in [5.74, 6) is -0.910. The smallest absolute Gasteiger partial charge is 0.306 e. The van der Waals surface area contributed by atoms with E-state index in [2.05, 4.69) is 6.92 Å². The molecule has 0 radical (unpaired) electrons. The van der Waals surface area contributed by atoms with Gasteiger partial charge < -0.3 is 9.84 Å². The molecule has 4 nitrogen and oxygen atoms in total. The standard InChI is InChI=1S/C18H34O4/c1-3-5-6-7-8-9-10-15-18(21)22-16(12-4-2)13-11-14-17(19)20/h16H,3-15H2,1-2H3,(H,19,20). The van der Waals surface area contributed by atoms with Gasteiger partial charge in [-0.3, -0.25) is 9.59 Å². The molecule has 0 fully saturated rings. The molecule has 0 saturated carbocycles. The molecule has 1 N–H and O–H groups in total. The summed E-state index contributed by atoms with van der Waals surface area (Å²) in [6.45, 7) is 4.26. The van der Waals surface area contributed by atoms with E-state index in [1.165, 1.54) is 32.1 Å². The number of ether oxygens (including phenoxy) is 1. The zero-order valence-corrected chi connectivity index (χ0v) is 14.4. The number of rotatable bonds is 15. The lowest BCUT2D eigenvalue weighted by atomic mass is 10.1. The zero-order chi connectivity index (χ0) is 16.6. The molecule has 0 aliphatic rings. The Hall–Kier alpha value is -1.06. The minimum Gasteiger partial charge on any atom is -0.481 e. The van der Waals surface area contributed by atoms with E-state index in [-0.39, 0.29) is 18.5 Å². The number of carbonyl (C=O) groups excluding carboxylic acids is 1. The van der Waals surface area contributed by atoms with Crippen molar-refractivity contribution in [3.05, 3.63) is 0 Å². The molecule has 0 heterocycles. The van der Waals surface area contributed by atoms with Gasteiger partial charge in [0.15, 0.2) is 0 Å². The van der Waals surface area contributed by atoms with Crippen molar-refractivity contribution >= 4 is 11.9 Å². The van der Waals surface area contributed by atoms with Crippen molar-refractivity contribution in [2.45, 2.75) is 103 Å². The molecule has 130 valence electrons. The van der Waals surface area contributed by atoms with Crippen LogP contribution in [-0.2, 0) is 14.3 Å². The average Bonchev–Trinajstić information content (AvgIpc) is 2.46. The molecular weight excluding hydrogens is 280 g/mol. The summed E-state index contributed by atoms with van der Waals surface area (Å²) in [5, 5.41) is 8.65. The van der Waals surface area contributed by atoms with Gasteiger partial charge in [0.25, 0.3) is 0 Å². The van der Waals surface area contributed by atoms with Crippen LogP contribution in [0.5, 0.6) is 0 Å². The summed E-state index contributed by atoms with van der Waals surface area (Å²) in [4.78, 5) is 22.3. The minimum absolute atomic E-state index is 0.110. The second kappa shape index (κ2) is 14.9. The first-order valence-corrected chi connectivity index (χ1v) is 9.01. The maximum atomic E-state index is 11.8. The molecule has 1 atom stereocenters. The lowest BCUT2D eigenvalue weighted by molar-refractivity contribution is -0.150. The van der Waals surface area contributed by atoms with Crippen molar-refractivity contribution in [1.29, 1.82) is 0 Å². The Kier molecular flexibility index (Phi) is 14.1. The Morgan fingerprint density at radius 1 is 0.818 bits per heavy atom. The highest BCUT2D eigenvalue weighted by Crippen LogP contribution is 2.14. The van der Waals surface area contributed by atoms with Crippen LogP contribution in [0.4, 0.5) is 0 Å². The van der Waals surface area contributed by atoms with Crippen molar-refractivity contribution in [2.75, 3.05) is 0 Å². The van der Waals surface area contributed by atoms with Crippen LogP contribution in [0.3, 0.4) is 0 Å². The maximum Gasteiger partial charge on any atom is 0.306 e. The molecule has 0 aromatic rings. The van der Waals surface area contributed by atoms with Crippen molar-refractivity contribution in [1.82, 2.24) is 0 Å². The van der Waals surface area contributed by atoms with Crippen LogP contribution in [0.1, 0.15) is 97.3 Å². The van der Waals surface area contributed by atoms with Gasteiger partial charge in [0, 0.05) is 12.8 Å². The van der Waals surface area contributed by atoms with Gasteiger partial charge in [-0.15, -0.1) is 0 Å². The largest absolute Gasteiger partial charge is 0.481 e. The number of esters is 1. The van der Waals surface area contributed by atoms with E-state index in [1.54, 1.807) is 0 Å². The van der Waals surface area contributed by atoms with Crippen molar-refractivity contribution in [3.8, 4) is 0 Å². The van der Waals surface area contributed by atoms with Gasteiger partial charge in [-0.05, 0) is 25.7 Å². The Labute approximate surface area is 135 Å². The molecule has 0 aliphatic heterocycles. The fourth-order valence-corrected chi connectivity index (χ4v) is 2.54.